The van der Waals surface area contributed by atoms with Crippen LogP contribution in [0.2, 0.25) is 0 Å². The lowest BCUT2D eigenvalue weighted by atomic mass is 9.71. The molecule has 0 aromatic heterocycles. The van der Waals surface area contributed by atoms with Crippen LogP contribution in [-0.4, -0.2) is 15.0 Å². The van der Waals surface area contributed by atoms with Crippen LogP contribution in [0.4, 0.5) is 10.1 Å². The standard InChI is InChI=1S/C13H19FN2O2S/c1-9-11(14)6-10(7-12(9)15)19(17,18)16-8-13(2)4-3-5-13/h6-7,16H,3-5,8,15H2,1-2H3. The Hall–Kier alpha value is -1.14. The van der Waals surface area contributed by atoms with Gasteiger partial charge in [-0.1, -0.05) is 13.3 Å². The number of hydrogen-bond donors (Lipinski definition) is 2. The smallest absolute Gasteiger partial charge is 0.240 e. The molecule has 0 aliphatic heterocycles. The summed E-state index contributed by atoms with van der Waals surface area (Å²) < 4.78 is 40.3. The first-order chi connectivity index (χ1) is 8.73. The van der Waals surface area contributed by atoms with E-state index in [1.54, 1.807) is 0 Å². The number of benzene rings is 1. The summed E-state index contributed by atoms with van der Waals surface area (Å²) in [4.78, 5) is -0.115. The summed E-state index contributed by atoms with van der Waals surface area (Å²) in [6, 6.07) is 2.31. The Morgan fingerprint density at radius 1 is 1.42 bits per heavy atom. The summed E-state index contributed by atoms with van der Waals surface area (Å²) >= 11 is 0. The van der Waals surface area contributed by atoms with Gasteiger partial charge in [0.2, 0.25) is 10.0 Å². The molecule has 0 saturated heterocycles. The van der Waals surface area contributed by atoms with Gasteiger partial charge in [0.15, 0.2) is 0 Å². The average Bonchev–Trinajstić information content (AvgIpc) is 2.30. The van der Waals surface area contributed by atoms with Crippen LogP contribution < -0.4 is 10.5 Å². The Balaban J connectivity index is 2.19. The van der Waals surface area contributed by atoms with Crippen molar-refractivity contribution < 1.29 is 12.8 Å². The van der Waals surface area contributed by atoms with Crippen LogP contribution in [0.15, 0.2) is 17.0 Å². The zero-order chi connectivity index (χ0) is 14.3. The van der Waals surface area contributed by atoms with Crippen LogP contribution in [0.1, 0.15) is 31.7 Å². The van der Waals surface area contributed by atoms with E-state index in [9.17, 15) is 12.8 Å². The third kappa shape index (κ3) is 2.90. The van der Waals surface area contributed by atoms with Gasteiger partial charge in [-0.15, -0.1) is 0 Å². The number of halogens is 1. The van der Waals surface area contributed by atoms with Crippen molar-refractivity contribution in [3.63, 3.8) is 0 Å². The van der Waals surface area contributed by atoms with E-state index in [1.165, 1.54) is 13.0 Å². The minimum atomic E-state index is -3.70. The van der Waals surface area contributed by atoms with Crippen molar-refractivity contribution in [1.29, 1.82) is 0 Å². The lowest BCUT2D eigenvalue weighted by Crippen LogP contribution is -2.39. The van der Waals surface area contributed by atoms with Crippen molar-refractivity contribution in [1.82, 2.24) is 4.72 Å². The zero-order valence-corrected chi connectivity index (χ0v) is 12.0. The van der Waals surface area contributed by atoms with Gasteiger partial charge in [-0.3, -0.25) is 0 Å². The van der Waals surface area contributed by atoms with Crippen molar-refractivity contribution in [2.75, 3.05) is 12.3 Å². The van der Waals surface area contributed by atoms with E-state index in [1.807, 2.05) is 6.92 Å². The maximum absolute atomic E-state index is 13.5. The normalized spacial score (nSPS) is 18.1. The number of rotatable bonds is 4. The molecule has 3 N–H and O–H groups in total. The Morgan fingerprint density at radius 2 is 2.05 bits per heavy atom. The number of nitrogens with one attached hydrogen (secondary N) is 1. The number of hydrogen-bond acceptors (Lipinski definition) is 3. The molecule has 1 aromatic rings. The van der Waals surface area contributed by atoms with E-state index in [-0.39, 0.29) is 21.6 Å². The largest absolute Gasteiger partial charge is 0.398 e. The van der Waals surface area contributed by atoms with E-state index in [4.69, 9.17) is 5.73 Å². The molecule has 4 nitrogen and oxygen atoms in total. The van der Waals surface area contributed by atoms with Gasteiger partial charge in [0.05, 0.1) is 4.90 Å². The molecule has 0 amide bonds. The molecule has 0 atom stereocenters. The highest BCUT2D eigenvalue weighted by Crippen LogP contribution is 2.39. The quantitative estimate of drug-likeness (QED) is 0.833. The van der Waals surface area contributed by atoms with Crippen molar-refractivity contribution in [3.8, 4) is 0 Å². The summed E-state index contributed by atoms with van der Waals surface area (Å²) in [7, 11) is -3.70. The Kier molecular flexibility index (Phi) is 3.57. The molecule has 6 heteroatoms. The number of nitrogen functional groups attached to an aromatic ring is 1. The first-order valence-corrected chi connectivity index (χ1v) is 7.77. The first-order valence-electron chi connectivity index (χ1n) is 6.29. The van der Waals surface area contributed by atoms with Gasteiger partial charge in [-0.25, -0.2) is 17.5 Å². The molecule has 1 fully saturated rings. The number of nitrogens with two attached hydrogens (primary N) is 1. The summed E-state index contributed by atoms with van der Waals surface area (Å²) in [6.07, 6.45) is 3.16. The fourth-order valence-corrected chi connectivity index (χ4v) is 3.38. The topological polar surface area (TPSA) is 72.2 Å². The Morgan fingerprint density at radius 3 is 2.53 bits per heavy atom. The van der Waals surface area contributed by atoms with Gasteiger partial charge in [0.25, 0.3) is 0 Å². The summed E-state index contributed by atoms with van der Waals surface area (Å²) in [5.74, 6) is -0.602. The zero-order valence-electron chi connectivity index (χ0n) is 11.2. The third-order valence-corrected chi connectivity index (χ3v) is 5.30. The molecule has 0 spiro atoms. The van der Waals surface area contributed by atoms with Gasteiger partial charge in [-0.2, -0.15) is 0 Å². The second-order valence-electron chi connectivity index (χ2n) is 5.61. The molecule has 1 aliphatic rings. The van der Waals surface area contributed by atoms with E-state index in [0.29, 0.717) is 6.54 Å². The van der Waals surface area contributed by atoms with Crippen LogP contribution in [0.5, 0.6) is 0 Å². The molecule has 19 heavy (non-hydrogen) atoms. The summed E-state index contributed by atoms with van der Waals surface area (Å²) in [5, 5.41) is 0. The molecule has 1 aromatic carbocycles. The van der Waals surface area contributed by atoms with Crippen molar-refractivity contribution >= 4 is 15.7 Å². The fourth-order valence-electron chi connectivity index (χ4n) is 2.14. The van der Waals surface area contributed by atoms with E-state index >= 15 is 0 Å². The van der Waals surface area contributed by atoms with Gasteiger partial charge in [0.1, 0.15) is 5.82 Å². The van der Waals surface area contributed by atoms with Crippen molar-refractivity contribution in [2.45, 2.75) is 38.0 Å². The molecular formula is C13H19FN2O2S. The SMILES string of the molecule is Cc1c(N)cc(S(=O)(=O)NCC2(C)CCC2)cc1F. The van der Waals surface area contributed by atoms with Crippen LogP contribution in [0.3, 0.4) is 0 Å². The molecule has 1 saturated carbocycles. The van der Waals surface area contributed by atoms with Crippen LogP contribution in [-0.2, 0) is 10.0 Å². The van der Waals surface area contributed by atoms with Crippen LogP contribution in [0, 0.1) is 18.2 Å². The van der Waals surface area contributed by atoms with Crippen molar-refractivity contribution in [3.05, 3.63) is 23.5 Å². The molecule has 106 valence electrons. The highest BCUT2D eigenvalue weighted by atomic mass is 32.2. The van der Waals surface area contributed by atoms with Crippen molar-refractivity contribution in [2.24, 2.45) is 5.41 Å². The molecule has 0 unspecified atom stereocenters. The predicted molar refractivity (Wildman–Crippen MR) is 72.7 cm³/mol. The van der Waals surface area contributed by atoms with Gasteiger partial charge < -0.3 is 5.73 Å². The monoisotopic (exact) mass is 286 g/mol. The molecule has 1 aliphatic carbocycles. The molecule has 0 radical (unpaired) electrons. The number of sulfonamides is 1. The maximum Gasteiger partial charge on any atom is 0.240 e. The first kappa shape index (κ1) is 14.3. The van der Waals surface area contributed by atoms with Crippen LogP contribution >= 0.6 is 0 Å². The van der Waals surface area contributed by atoms with Gasteiger partial charge in [0, 0.05) is 17.8 Å². The molecular weight excluding hydrogens is 267 g/mol. The molecule has 2 rings (SSSR count). The molecule has 0 bridgehead atoms. The second-order valence-corrected chi connectivity index (χ2v) is 7.38. The van der Waals surface area contributed by atoms with E-state index in [2.05, 4.69) is 4.72 Å². The fraction of sp³-hybridized carbons (Fsp3) is 0.538. The van der Waals surface area contributed by atoms with E-state index < -0.39 is 15.8 Å². The second kappa shape index (κ2) is 4.76. The highest BCUT2D eigenvalue weighted by Gasteiger charge is 2.33. The van der Waals surface area contributed by atoms with Crippen LogP contribution in [0.25, 0.3) is 0 Å². The molecule has 0 heterocycles. The number of anilines is 1. The summed E-state index contributed by atoms with van der Waals surface area (Å²) in [5.41, 5.74) is 6.05. The average molecular weight is 286 g/mol. The Labute approximate surface area is 113 Å². The minimum Gasteiger partial charge on any atom is -0.398 e. The van der Waals surface area contributed by atoms with E-state index in [0.717, 1.165) is 25.3 Å². The predicted octanol–water partition coefficient (Wildman–Crippen LogP) is 2.18. The lowest BCUT2D eigenvalue weighted by molar-refractivity contribution is 0.166. The maximum atomic E-state index is 13.5. The lowest BCUT2D eigenvalue weighted by Gasteiger charge is -2.38. The van der Waals surface area contributed by atoms with Gasteiger partial charge in [-0.05, 0) is 37.3 Å². The summed E-state index contributed by atoms with van der Waals surface area (Å²) in [6.45, 7) is 3.94. The third-order valence-electron chi connectivity index (χ3n) is 3.92. The highest BCUT2D eigenvalue weighted by molar-refractivity contribution is 7.89. The minimum absolute atomic E-state index is 0.0296. The van der Waals surface area contributed by atoms with Gasteiger partial charge >= 0.3 is 0 Å². The Bertz CT molecular complexity index is 572.